The summed E-state index contributed by atoms with van der Waals surface area (Å²) in [5.74, 6) is 0.0770. The Labute approximate surface area is 150 Å². The molecule has 2 aromatic carbocycles. The van der Waals surface area contributed by atoms with Gasteiger partial charge in [0.1, 0.15) is 0 Å². The van der Waals surface area contributed by atoms with Gasteiger partial charge in [-0.05, 0) is 56.0 Å². The number of rotatable bonds is 2. The smallest absolute Gasteiger partial charge is 0.273 e. The number of carbonyl (C=O) groups excluding carboxylic acids is 1. The first-order chi connectivity index (χ1) is 12.1. The largest absolute Gasteiger partial charge is 0.339 e. The second kappa shape index (κ2) is 6.48. The summed E-state index contributed by atoms with van der Waals surface area (Å²) in [6.45, 7) is 3.60. The van der Waals surface area contributed by atoms with Gasteiger partial charge >= 0.3 is 0 Å². The number of fused-ring (bicyclic) bond motifs is 1. The maximum atomic E-state index is 12.9. The molecule has 3 aromatic rings. The Bertz CT molecular complexity index is 996. The van der Waals surface area contributed by atoms with Gasteiger partial charge in [0, 0.05) is 18.7 Å². The average molecular weight is 352 g/mol. The van der Waals surface area contributed by atoms with Gasteiger partial charge in [-0.2, -0.15) is 0 Å². The second-order valence-electron chi connectivity index (χ2n) is 6.54. The van der Waals surface area contributed by atoms with E-state index in [0.717, 1.165) is 47.3 Å². The van der Waals surface area contributed by atoms with Crippen LogP contribution in [-0.4, -0.2) is 27.9 Å². The lowest BCUT2D eigenvalue weighted by atomic mass is 10.0. The summed E-state index contributed by atoms with van der Waals surface area (Å²) in [5.41, 5.74) is 2.38. The van der Waals surface area contributed by atoms with Crippen molar-refractivity contribution in [2.45, 2.75) is 26.2 Å². The first-order valence-electron chi connectivity index (χ1n) is 8.66. The number of hydrogen-bond donors (Lipinski definition) is 0. The minimum Gasteiger partial charge on any atom is -0.339 e. The lowest BCUT2D eigenvalue weighted by Gasteiger charge is -2.27. The van der Waals surface area contributed by atoms with Crippen LogP contribution in [0.25, 0.3) is 15.8 Å². The zero-order valence-electron chi connectivity index (χ0n) is 14.2. The van der Waals surface area contributed by atoms with E-state index in [0.29, 0.717) is 5.56 Å². The molecule has 4 nitrogen and oxygen atoms in total. The fourth-order valence-electron chi connectivity index (χ4n) is 3.38. The molecule has 5 heteroatoms. The van der Waals surface area contributed by atoms with Crippen LogP contribution in [0, 0.1) is 6.92 Å². The number of piperidine rings is 1. The highest BCUT2D eigenvalue weighted by molar-refractivity contribution is 7.14. The minimum atomic E-state index is -0.0270. The zero-order chi connectivity index (χ0) is 17.4. The Hall–Kier alpha value is -2.40. The van der Waals surface area contributed by atoms with Crippen molar-refractivity contribution in [1.29, 1.82) is 0 Å². The number of nitrogens with zero attached hydrogens (tertiary/aromatic N) is 2. The predicted molar refractivity (Wildman–Crippen MR) is 102 cm³/mol. The maximum Gasteiger partial charge on any atom is 0.273 e. The topological polar surface area (TPSA) is 42.3 Å². The van der Waals surface area contributed by atoms with Crippen molar-refractivity contribution in [2.75, 3.05) is 13.1 Å². The van der Waals surface area contributed by atoms with Crippen LogP contribution in [0.15, 0.2) is 47.3 Å². The maximum absolute atomic E-state index is 12.9. The lowest BCUT2D eigenvalue weighted by molar-refractivity contribution is 0.0723. The molecule has 0 atom stereocenters. The Morgan fingerprint density at radius 1 is 1.04 bits per heavy atom. The molecule has 1 amide bonds. The van der Waals surface area contributed by atoms with Crippen LogP contribution < -0.4 is 5.56 Å². The van der Waals surface area contributed by atoms with Crippen LogP contribution in [0.4, 0.5) is 0 Å². The van der Waals surface area contributed by atoms with Gasteiger partial charge in [-0.25, -0.2) is 3.96 Å². The molecule has 1 aliphatic rings. The Balaban J connectivity index is 1.77. The average Bonchev–Trinajstić information content (AvgIpc) is 2.99. The van der Waals surface area contributed by atoms with Crippen molar-refractivity contribution in [3.63, 3.8) is 0 Å². The lowest BCUT2D eigenvalue weighted by Crippen LogP contribution is -2.36. The molecule has 25 heavy (non-hydrogen) atoms. The number of likely N-dealkylation sites (tertiary alicyclic amines) is 1. The van der Waals surface area contributed by atoms with Gasteiger partial charge in [0.2, 0.25) is 0 Å². The molecule has 0 bridgehead atoms. The summed E-state index contributed by atoms with van der Waals surface area (Å²) in [4.78, 5) is 27.5. The third kappa shape index (κ3) is 2.89. The highest BCUT2D eigenvalue weighted by atomic mass is 32.1. The molecule has 4 rings (SSSR count). The summed E-state index contributed by atoms with van der Waals surface area (Å²) in [6.07, 6.45) is 3.33. The van der Waals surface area contributed by atoms with Crippen LogP contribution >= 0.6 is 11.5 Å². The van der Waals surface area contributed by atoms with E-state index in [1.54, 1.807) is 3.96 Å². The van der Waals surface area contributed by atoms with Crippen LogP contribution in [0.3, 0.4) is 0 Å². The van der Waals surface area contributed by atoms with E-state index in [9.17, 15) is 9.59 Å². The first-order valence-corrected chi connectivity index (χ1v) is 9.44. The van der Waals surface area contributed by atoms with E-state index in [2.05, 4.69) is 0 Å². The van der Waals surface area contributed by atoms with Gasteiger partial charge < -0.3 is 4.90 Å². The van der Waals surface area contributed by atoms with Crippen molar-refractivity contribution in [2.24, 2.45) is 0 Å². The van der Waals surface area contributed by atoms with E-state index in [1.165, 1.54) is 18.0 Å². The summed E-state index contributed by atoms with van der Waals surface area (Å²) in [7, 11) is 0. The van der Waals surface area contributed by atoms with E-state index in [1.807, 2.05) is 54.3 Å². The van der Waals surface area contributed by atoms with E-state index in [-0.39, 0.29) is 11.5 Å². The number of aryl methyl sites for hydroxylation is 1. The van der Waals surface area contributed by atoms with Crippen LogP contribution in [0.2, 0.25) is 0 Å². The molecule has 1 aromatic heterocycles. The van der Waals surface area contributed by atoms with Gasteiger partial charge in [-0.1, -0.05) is 29.7 Å². The molecule has 2 heterocycles. The number of carbonyl (C=O) groups is 1. The zero-order valence-corrected chi connectivity index (χ0v) is 15.0. The standard InChI is InChI=1S/C20H20N2O2S/c1-14-9-10-15(13-17(14)19(23)21-11-5-2-6-12-21)22-20(24)16-7-3-4-8-18(16)25-22/h3-4,7-10,13H,2,5-6,11-12H2,1H3. The minimum absolute atomic E-state index is 0.0270. The Kier molecular flexibility index (Phi) is 4.17. The Morgan fingerprint density at radius 2 is 1.80 bits per heavy atom. The van der Waals surface area contributed by atoms with Gasteiger partial charge in [0.25, 0.3) is 11.5 Å². The molecular weight excluding hydrogens is 332 g/mol. The van der Waals surface area contributed by atoms with Crippen molar-refractivity contribution < 1.29 is 4.79 Å². The molecule has 128 valence electrons. The normalized spacial score (nSPS) is 14.8. The van der Waals surface area contributed by atoms with Crippen LogP contribution in [0.1, 0.15) is 35.2 Å². The molecule has 1 aliphatic heterocycles. The molecule has 0 radical (unpaired) electrons. The number of benzene rings is 2. The fourth-order valence-corrected chi connectivity index (χ4v) is 4.37. The SMILES string of the molecule is Cc1ccc(-n2sc3ccccc3c2=O)cc1C(=O)N1CCCCC1. The number of amides is 1. The van der Waals surface area contributed by atoms with Gasteiger partial charge in [0.15, 0.2) is 0 Å². The number of hydrogen-bond acceptors (Lipinski definition) is 3. The summed E-state index contributed by atoms with van der Waals surface area (Å²) >= 11 is 1.42. The first kappa shape index (κ1) is 16.1. The summed E-state index contributed by atoms with van der Waals surface area (Å²) in [6, 6.07) is 13.3. The fraction of sp³-hybridized carbons (Fsp3) is 0.300. The monoisotopic (exact) mass is 352 g/mol. The van der Waals surface area contributed by atoms with Crippen molar-refractivity contribution >= 4 is 27.5 Å². The highest BCUT2D eigenvalue weighted by Gasteiger charge is 2.20. The molecular formula is C20H20N2O2S. The predicted octanol–water partition coefficient (Wildman–Crippen LogP) is 3.99. The highest BCUT2D eigenvalue weighted by Crippen LogP contribution is 2.23. The molecule has 1 saturated heterocycles. The molecule has 0 spiro atoms. The van der Waals surface area contributed by atoms with Gasteiger partial charge in [0.05, 0.1) is 15.8 Å². The molecule has 0 aliphatic carbocycles. The second-order valence-corrected chi connectivity index (χ2v) is 7.53. The Morgan fingerprint density at radius 3 is 2.56 bits per heavy atom. The molecule has 0 N–H and O–H groups in total. The third-order valence-corrected chi connectivity index (χ3v) is 5.93. The quantitative estimate of drug-likeness (QED) is 0.700. The third-order valence-electron chi connectivity index (χ3n) is 4.82. The number of aromatic nitrogens is 1. The van der Waals surface area contributed by atoms with Crippen molar-refractivity contribution in [3.8, 4) is 5.69 Å². The van der Waals surface area contributed by atoms with E-state index >= 15 is 0 Å². The van der Waals surface area contributed by atoms with Crippen LogP contribution in [-0.2, 0) is 0 Å². The van der Waals surface area contributed by atoms with Crippen molar-refractivity contribution in [1.82, 2.24) is 8.86 Å². The van der Waals surface area contributed by atoms with Crippen LogP contribution in [0.5, 0.6) is 0 Å². The molecule has 1 fully saturated rings. The molecule has 0 saturated carbocycles. The van der Waals surface area contributed by atoms with Crippen molar-refractivity contribution in [3.05, 3.63) is 63.9 Å². The van der Waals surface area contributed by atoms with Gasteiger partial charge in [-0.15, -0.1) is 0 Å². The van der Waals surface area contributed by atoms with E-state index in [4.69, 9.17) is 0 Å². The molecule has 0 unspecified atom stereocenters. The summed E-state index contributed by atoms with van der Waals surface area (Å²) in [5, 5.41) is 0.719. The van der Waals surface area contributed by atoms with Gasteiger partial charge in [-0.3, -0.25) is 9.59 Å². The summed E-state index contributed by atoms with van der Waals surface area (Å²) < 4.78 is 2.63. The van der Waals surface area contributed by atoms with E-state index < -0.39 is 0 Å².